The molecule has 3 rings (SSSR count). The molecule has 0 aliphatic heterocycles. The highest BCUT2D eigenvalue weighted by atomic mass is 32.2. The molecule has 0 radical (unpaired) electrons. The fraction of sp³-hybridized carbons (Fsp3) is 0.0455. The SMILES string of the molecule is C=CN=C(SC)C(=O)c1sc2cc(O)ccc2c1Oc1ccc(/C=C/C(=O)O)cc1. The average molecular weight is 440 g/mol. The van der Waals surface area contributed by atoms with E-state index in [0.717, 1.165) is 6.08 Å². The van der Waals surface area contributed by atoms with E-state index in [1.54, 1.807) is 42.7 Å². The van der Waals surface area contributed by atoms with Gasteiger partial charge in [-0.05, 0) is 48.2 Å². The molecule has 0 saturated carbocycles. The number of carbonyl (C=O) groups is 2. The third-order valence-corrected chi connectivity index (χ3v) is 5.76. The Balaban J connectivity index is 2.03. The van der Waals surface area contributed by atoms with E-state index >= 15 is 0 Å². The summed E-state index contributed by atoms with van der Waals surface area (Å²) in [5.74, 6) is -0.375. The summed E-state index contributed by atoms with van der Waals surface area (Å²) < 4.78 is 6.76. The average Bonchev–Trinajstić information content (AvgIpc) is 3.08. The number of thioether (sulfide) groups is 1. The third-order valence-electron chi connectivity index (χ3n) is 3.95. The van der Waals surface area contributed by atoms with Crippen LogP contribution in [0, 0.1) is 0 Å². The molecule has 0 bridgehead atoms. The van der Waals surface area contributed by atoms with Crippen molar-refractivity contribution in [1.29, 1.82) is 0 Å². The van der Waals surface area contributed by atoms with Crippen LogP contribution in [0.3, 0.4) is 0 Å². The lowest BCUT2D eigenvalue weighted by atomic mass is 10.2. The molecule has 0 saturated heterocycles. The lowest BCUT2D eigenvalue weighted by molar-refractivity contribution is -0.131. The normalized spacial score (nSPS) is 11.7. The number of hydrogen-bond donors (Lipinski definition) is 2. The van der Waals surface area contributed by atoms with Crippen LogP contribution in [0.2, 0.25) is 0 Å². The summed E-state index contributed by atoms with van der Waals surface area (Å²) in [5.41, 5.74) is 0.698. The monoisotopic (exact) mass is 439 g/mol. The maximum atomic E-state index is 13.0. The van der Waals surface area contributed by atoms with Crippen molar-refractivity contribution in [2.45, 2.75) is 0 Å². The van der Waals surface area contributed by atoms with Gasteiger partial charge in [-0.3, -0.25) is 4.79 Å². The molecule has 0 amide bonds. The van der Waals surface area contributed by atoms with E-state index in [-0.39, 0.29) is 16.6 Å². The van der Waals surface area contributed by atoms with Crippen molar-refractivity contribution in [3.05, 3.63) is 71.8 Å². The molecular formula is C22H17NO5S2. The predicted octanol–water partition coefficient (Wildman–Crippen LogP) is 5.58. The summed E-state index contributed by atoms with van der Waals surface area (Å²) in [6.45, 7) is 3.55. The first kappa shape index (κ1) is 21.4. The molecule has 1 aromatic heterocycles. The highest BCUT2D eigenvalue weighted by molar-refractivity contribution is 8.15. The van der Waals surface area contributed by atoms with Gasteiger partial charge in [0.1, 0.15) is 21.4 Å². The number of hydrogen-bond acceptors (Lipinski definition) is 7. The second-order valence-electron chi connectivity index (χ2n) is 5.93. The summed E-state index contributed by atoms with van der Waals surface area (Å²) >= 11 is 2.42. The number of rotatable bonds is 7. The molecule has 30 heavy (non-hydrogen) atoms. The Morgan fingerprint density at radius 3 is 2.57 bits per heavy atom. The van der Waals surface area contributed by atoms with Crippen molar-refractivity contribution in [3.8, 4) is 17.2 Å². The number of aliphatic carboxylic acids is 1. The van der Waals surface area contributed by atoms with Gasteiger partial charge in [0.05, 0.1) is 0 Å². The summed E-state index contributed by atoms with van der Waals surface area (Å²) in [5, 5.41) is 19.5. The van der Waals surface area contributed by atoms with Gasteiger partial charge < -0.3 is 14.9 Å². The Bertz CT molecular complexity index is 1180. The molecule has 3 aromatic rings. The number of phenolic OH excluding ortho intramolecular Hbond substituents is 1. The van der Waals surface area contributed by atoms with Gasteiger partial charge in [0.15, 0.2) is 5.75 Å². The minimum atomic E-state index is -1.03. The Hall–Kier alpha value is -3.36. The zero-order chi connectivity index (χ0) is 21.7. The van der Waals surface area contributed by atoms with Gasteiger partial charge in [0.25, 0.3) is 0 Å². The van der Waals surface area contributed by atoms with Crippen LogP contribution in [0.1, 0.15) is 15.2 Å². The molecule has 0 atom stereocenters. The van der Waals surface area contributed by atoms with E-state index in [2.05, 4.69) is 11.6 Å². The van der Waals surface area contributed by atoms with Crippen molar-refractivity contribution in [3.63, 3.8) is 0 Å². The molecule has 0 fully saturated rings. The Morgan fingerprint density at radius 2 is 1.93 bits per heavy atom. The molecule has 1 heterocycles. The second-order valence-corrected chi connectivity index (χ2v) is 7.78. The zero-order valence-electron chi connectivity index (χ0n) is 15.9. The van der Waals surface area contributed by atoms with E-state index in [9.17, 15) is 14.7 Å². The highest BCUT2D eigenvalue weighted by Crippen LogP contribution is 2.42. The van der Waals surface area contributed by atoms with E-state index in [4.69, 9.17) is 9.84 Å². The quantitative estimate of drug-likeness (QED) is 0.216. The van der Waals surface area contributed by atoms with Gasteiger partial charge >= 0.3 is 5.97 Å². The lowest BCUT2D eigenvalue weighted by Crippen LogP contribution is -2.09. The summed E-state index contributed by atoms with van der Waals surface area (Å²) in [4.78, 5) is 28.1. The predicted molar refractivity (Wildman–Crippen MR) is 122 cm³/mol. The lowest BCUT2D eigenvalue weighted by Gasteiger charge is -2.08. The van der Waals surface area contributed by atoms with Crippen LogP contribution < -0.4 is 4.74 Å². The number of ketones is 1. The first-order valence-electron chi connectivity index (χ1n) is 8.64. The minimum Gasteiger partial charge on any atom is -0.508 e. The topological polar surface area (TPSA) is 96.2 Å². The number of Topliss-reactive ketones (excluding diaryl/α,β-unsaturated/α-hetero) is 1. The molecular weight excluding hydrogens is 422 g/mol. The van der Waals surface area contributed by atoms with Gasteiger partial charge in [-0.25, -0.2) is 9.79 Å². The number of carboxylic acids is 1. The van der Waals surface area contributed by atoms with Gasteiger partial charge in [0.2, 0.25) is 5.78 Å². The van der Waals surface area contributed by atoms with Gasteiger partial charge in [-0.15, -0.1) is 23.1 Å². The van der Waals surface area contributed by atoms with Crippen molar-refractivity contribution in [2.75, 3.05) is 6.26 Å². The Labute approximate surface area is 180 Å². The molecule has 8 heteroatoms. The number of carbonyl (C=O) groups excluding carboxylic acids is 1. The fourth-order valence-electron chi connectivity index (χ4n) is 2.63. The van der Waals surface area contributed by atoms with E-state index in [0.29, 0.717) is 32.0 Å². The van der Waals surface area contributed by atoms with Crippen LogP contribution in [-0.2, 0) is 4.79 Å². The number of fused-ring (bicyclic) bond motifs is 1. The molecule has 0 unspecified atom stereocenters. The van der Waals surface area contributed by atoms with Crippen LogP contribution >= 0.6 is 23.1 Å². The fourth-order valence-corrected chi connectivity index (χ4v) is 4.26. The molecule has 152 valence electrons. The molecule has 2 aromatic carbocycles. The second kappa shape index (κ2) is 9.43. The van der Waals surface area contributed by atoms with Gasteiger partial charge in [-0.1, -0.05) is 18.7 Å². The number of thiophene rings is 1. The number of ether oxygens (including phenoxy) is 1. The van der Waals surface area contributed by atoms with Crippen molar-refractivity contribution < 1.29 is 24.5 Å². The van der Waals surface area contributed by atoms with E-state index in [1.165, 1.54) is 41.4 Å². The number of carboxylic acid groups (broad SMARTS) is 1. The highest BCUT2D eigenvalue weighted by Gasteiger charge is 2.24. The first-order valence-corrected chi connectivity index (χ1v) is 10.7. The summed E-state index contributed by atoms with van der Waals surface area (Å²) in [6.07, 6.45) is 5.59. The largest absolute Gasteiger partial charge is 0.508 e. The molecule has 6 nitrogen and oxygen atoms in total. The maximum Gasteiger partial charge on any atom is 0.328 e. The minimum absolute atomic E-state index is 0.0914. The van der Waals surface area contributed by atoms with Gasteiger partial charge in [0, 0.05) is 22.4 Å². The maximum absolute atomic E-state index is 13.0. The van der Waals surface area contributed by atoms with E-state index < -0.39 is 5.97 Å². The van der Waals surface area contributed by atoms with Gasteiger partial charge in [-0.2, -0.15) is 0 Å². The summed E-state index contributed by atoms with van der Waals surface area (Å²) in [6, 6.07) is 11.6. The molecule has 2 N–H and O–H groups in total. The Kier molecular flexibility index (Phi) is 6.71. The molecule has 0 aliphatic rings. The third kappa shape index (κ3) is 4.79. The number of phenols is 1. The van der Waals surface area contributed by atoms with Crippen molar-refractivity contribution in [1.82, 2.24) is 0 Å². The smallest absolute Gasteiger partial charge is 0.328 e. The standard InChI is InChI=1S/C22H17NO5S2/c1-3-23-22(29-2)19(27)21-20(16-10-7-14(24)12-17(16)30-21)28-15-8-4-13(5-9-15)6-11-18(25)26/h3-12,24H,1H2,2H3,(H,25,26)/b11-6+,23-22?. The number of aromatic hydroxyl groups is 1. The van der Waals surface area contributed by atoms with Crippen LogP contribution in [0.4, 0.5) is 0 Å². The number of benzene rings is 2. The van der Waals surface area contributed by atoms with Crippen LogP contribution in [-0.4, -0.2) is 33.3 Å². The zero-order valence-corrected chi connectivity index (χ0v) is 17.5. The van der Waals surface area contributed by atoms with Crippen molar-refractivity contribution in [2.24, 2.45) is 4.99 Å². The molecule has 0 aliphatic carbocycles. The Morgan fingerprint density at radius 1 is 1.20 bits per heavy atom. The number of aliphatic imine (C=N–C) groups is 1. The molecule has 0 spiro atoms. The summed E-state index contributed by atoms with van der Waals surface area (Å²) in [7, 11) is 0. The van der Waals surface area contributed by atoms with E-state index in [1.807, 2.05) is 0 Å². The number of nitrogens with zero attached hydrogens (tertiary/aromatic N) is 1. The first-order chi connectivity index (χ1) is 14.4. The van der Waals surface area contributed by atoms with Crippen LogP contribution in [0.15, 0.2) is 66.3 Å². The van der Waals surface area contributed by atoms with Crippen molar-refractivity contribution >= 4 is 56.1 Å². The van der Waals surface area contributed by atoms with Crippen LogP contribution in [0.5, 0.6) is 17.2 Å². The van der Waals surface area contributed by atoms with Crippen LogP contribution in [0.25, 0.3) is 16.2 Å².